The van der Waals surface area contributed by atoms with E-state index in [0.29, 0.717) is 19.4 Å². The molecular weight excluding hydrogens is 454 g/mol. The monoisotopic (exact) mass is 487 g/mol. The van der Waals surface area contributed by atoms with Gasteiger partial charge in [-0.25, -0.2) is 4.79 Å². The zero-order valence-electron chi connectivity index (χ0n) is 20.8. The first-order valence-electron chi connectivity index (χ1n) is 12.6. The van der Waals surface area contributed by atoms with Gasteiger partial charge in [-0.15, -0.1) is 0 Å². The highest BCUT2D eigenvalue weighted by Crippen LogP contribution is 2.35. The van der Waals surface area contributed by atoms with E-state index in [0.717, 1.165) is 40.6 Å². The Kier molecular flexibility index (Phi) is 6.43. The number of para-hydroxylation sites is 1. The Labute approximate surface area is 211 Å². The van der Waals surface area contributed by atoms with Crippen molar-refractivity contribution in [2.45, 2.75) is 43.6 Å². The standard InChI is InChI=1S/C28H33N5O3/c1-32(2)20-11-9-19(10-12-20)22(23-18-29-24-8-4-3-7-21(23)24)17-30-25(34)13-16-33-26(35)28(31-27(33)36)14-5-6-15-28/h3-4,7-12,18,22,29H,5-6,13-17H2,1-2H3,(H,30,34)(H,31,36)/t22-/m0/s1. The zero-order chi connectivity index (χ0) is 25.3. The van der Waals surface area contributed by atoms with Crippen molar-refractivity contribution in [3.8, 4) is 0 Å². The van der Waals surface area contributed by atoms with Crippen molar-refractivity contribution < 1.29 is 14.4 Å². The molecule has 0 radical (unpaired) electrons. The van der Waals surface area contributed by atoms with Gasteiger partial charge in [0.15, 0.2) is 0 Å². The van der Waals surface area contributed by atoms with Crippen molar-refractivity contribution in [3.63, 3.8) is 0 Å². The number of aromatic amines is 1. The molecule has 5 rings (SSSR count). The normalized spacial score (nSPS) is 17.6. The van der Waals surface area contributed by atoms with Gasteiger partial charge in [0.25, 0.3) is 5.91 Å². The lowest BCUT2D eigenvalue weighted by Crippen LogP contribution is -2.44. The molecule has 1 aliphatic heterocycles. The highest BCUT2D eigenvalue weighted by atomic mass is 16.2. The maximum Gasteiger partial charge on any atom is 0.325 e. The Morgan fingerprint density at radius 1 is 1.08 bits per heavy atom. The lowest BCUT2D eigenvalue weighted by atomic mass is 9.90. The molecule has 0 bridgehead atoms. The maximum absolute atomic E-state index is 12.9. The average molecular weight is 488 g/mol. The number of aromatic nitrogens is 1. The highest BCUT2D eigenvalue weighted by molar-refractivity contribution is 6.07. The van der Waals surface area contributed by atoms with Gasteiger partial charge in [0, 0.05) is 62.3 Å². The van der Waals surface area contributed by atoms with E-state index in [1.165, 1.54) is 4.90 Å². The molecule has 3 aromatic rings. The predicted molar refractivity (Wildman–Crippen MR) is 140 cm³/mol. The van der Waals surface area contributed by atoms with E-state index < -0.39 is 5.54 Å². The molecule has 2 aliphatic rings. The number of rotatable bonds is 8. The van der Waals surface area contributed by atoms with E-state index in [1.807, 2.05) is 38.5 Å². The van der Waals surface area contributed by atoms with Gasteiger partial charge in [0.2, 0.25) is 5.91 Å². The third kappa shape index (κ3) is 4.43. The van der Waals surface area contributed by atoms with Gasteiger partial charge in [-0.3, -0.25) is 14.5 Å². The first-order valence-corrected chi connectivity index (χ1v) is 12.6. The Balaban J connectivity index is 1.28. The number of anilines is 1. The topological polar surface area (TPSA) is 97.5 Å². The number of imide groups is 1. The molecule has 1 saturated heterocycles. The van der Waals surface area contributed by atoms with Crippen molar-refractivity contribution in [1.82, 2.24) is 20.5 Å². The summed E-state index contributed by atoms with van der Waals surface area (Å²) in [7, 11) is 4.01. The van der Waals surface area contributed by atoms with E-state index in [4.69, 9.17) is 0 Å². The largest absolute Gasteiger partial charge is 0.378 e. The van der Waals surface area contributed by atoms with Crippen LogP contribution in [0.1, 0.15) is 49.1 Å². The van der Waals surface area contributed by atoms with Gasteiger partial charge < -0.3 is 20.5 Å². The van der Waals surface area contributed by atoms with Crippen LogP contribution in [0.4, 0.5) is 10.5 Å². The molecule has 8 nitrogen and oxygen atoms in total. The third-order valence-corrected chi connectivity index (χ3v) is 7.58. The minimum atomic E-state index is -0.743. The van der Waals surface area contributed by atoms with E-state index in [1.54, 1.807) is 0 Å². The summed E-state index contributed by atoms with van der Waals surface area (Å²) in [5.74, 6) is -0.423. The number of amides is 4. The molecule has 4 amide bonds. The fraction of sp³-hybridized carbons (Fsp3) is 0.393. The van der Waals surface area contributed by atoms with Crippen molar-refractivity contribution >= 4 is 34.4 Å². The van der Waals surface area contributed by atoms with Crippen molar-refractivity contribution in [2.24, 2.45) is 0 Å². The molecule has 1 aliphatic carbocycles. The zero-order valence-corrected chi connectivity index (χ0v) is 20.8. The summed E-state index contributed by atoms with van der Waals surface area (Å²) in [6.45, 7) is 0.500. The maximum atomic E-state index is 12.9. The van der Waals surface area contributed by atoms with Crippen molar-refractivity contribution in [1.29, 1.82) is 0 Å². The van der Waals surface area contributed by atoms with Gasteiger partial charge in [-0.2, -0.15) is 0 Å². The Morgan fingerprint density at radius 2 is 1.81 bits per heavy atom. The second kappa shape index (κ2) is 9.68. The molecule has 2 fully saturated rings. The predicted octanol–water partition coefficient (Wildman–Crippen LogP) is 3.74. The fourth-order valence-corrected chi connectivity index (χ4v) is 5.51. The molecule has 2 heterocycles. The number of carbonyl (C=O) groups is 3. The van der Waals surface area contributed by atoms with Crippen LogP contribution in [0.25, 0.3) is 10.9 Å². The quantitative estimate of drug-likeness (QED) is 0.422. The molecule has 1 spiro atoms. The van der Waals surface area contributed by atoms with Crippen molar-refractivity contribution in [3.05, 3.63) is 65.9 Å². The molecule has 8 heteroatoms. The number of urea groups is 1. The smallest absolute Gasteiger partial charge is 0.325 e. The molecule has 0 unspecified atom stereocenters. The average Bonchev–Trinajstić information content (AvgIpc) is 3.58. The summed E-state index contributed by atoms with van der Waals surface area (Å²) in [6.07, 6.45) is 5.32. The summed E-state index contributed by atoms with van der Waals surface area (Å²) in [5, 5.41) is 7.04. The van der Waals surface area contributed by atoms with Crippen molar-refractivity contribution in [2.75, 3.05) is 32.1 Å². The summed E-state index contributed by atoms with van der Waals surface area (Å²) in [6, 6.07) is 16.1. The SMILES string of the molecule is CN(C)c1ccc([C@H](CNC(=O)CCN2C(=O)NC3(CCCC3)C2=O)c2c[nH]c3ccccc23)cc1. The van der Waals surface area contributed by atoms with Gasteiger partial charge in [0.05, 0.1) is 0 Å². The lowest BCUT2D eigenvalue weighted by Gasteiger charge is -2.21. The first kappa shape index (κ1) is 23.9. The fourth-order valence-electron chi connectivity index (χ4n) is 5.51. The summed E-state index contributed by atoms with van der Waals surface area (Å²) in [5.41, 5.74) is 3.62. The van der Waals surface area contributed by atoms with Crippen LogP contribution in [0, 0.1) is 0 Å². The number of nitrogens with zero attached hydrogens (tertiary/aromatic N) is 2. The minimum Gasteiger partial charge on any atom is -0.378 e. The molecule has 188 valence electrons. The van der Waals surface area contributed by atoms with Crippen LogP contribution in [0.15, 0.2) is 54.7 Å². The van der Waals surface area contributed by atoms with Crippen LogP contribution in [0.5, 0.6) is 0 Å². The van der Waals surface area contributed by atoms with Crippen LogP contribution >= 0.6 is 0 Å². The number of hydrogen-bond acceptors (Lipinski definition) is 4. The number of benzene rings is 2. The second-order valence-corrected chi connectivity index (χ2v) is 10.1. The minimum absolute atomic E-state index is 0.0558. The molecule has 2 aromatic carbocycles. The number of H-pyrrole nitrogens is 1. The lowest BCUT2D eigenvalue weighted by molar-refractivity contribution is -0.131. The molecule has 1 atom stereocenters. The summed E-state index contributed by atoms with van der Waals surface area (Å²) in [4.78, 5) is 44.7. The molecule has 1 aromatic heterocycles. The van der Waals surface area contributed by atoms with E-state index in [-0.39, 0.29) is 36.7 Å². The number of nitrogens with one attached hydrogen (secondary N) is 3. The first-order chi connectivity index (χ1) is 17.4. The number of hydrogen-bond donors (Lipinski definition) is 3. The highest BCUT2D eigenvalue weighted by Gasteiger charge is 2.52. The Bertz CT molecular complexity index is 1270. The van der Waals surface area contributed by atoms with Crippen LogP contribution in [0.2, 0.25) is 0 Å². The molecule has 1 saturated carbocycles. The summed E-state index contributed by atoms with van der Waals surface area (Å²) >= 11 is 0. The summed E-state index contributed by atoms with van der Waals surface area (Å²) < 4.78 is 0. The van der Waals surface area contributed by atoms with E-state index in [9.17, 15) is 14.4 Å². The molecular formula is C28H33N5O3. The van der Waals surface area contributed by atoms with Gasteiger partial charge in [-0.1, -0.05) is 43.2 Å². The van der Waals surface area contributed by atoms with E-state index in [2.05, 4.69) is 50.8 Å². The number of fused-ring (bicyclic) bond motifs is 1. The van der Waals surface area contributed by atoms with Crippen LogP contribution < -0.4 is 15.5 Å². The molecule has 36 heavy (non-hydrogen) atoms. The van der Waals surface area contributed by atoms with Gasteiger partial charge in [-0.05, 0) is 42.2 Å². The van der Waals surface area contributed by atoms with E-state index >= 15 is 0 Å². The Hall–Kier alpha value is -3.81. The molecule has 3 N–H and O–H groups in total. The van der Waals surface area contributed by atoms with Gasteiger partial charge in [0.1, 0.15) is 5.54 Å². The van der Waals surface area contributed by atoms with Crippen LogP contribution in [-0.2, 0) is 9.59 Å². The second-order valence-electron chi connectivity index (χ2n) is 10.1. The third-order valence-electron chi connectivity index (χ3n) is 7.58. The van der Waals surface area contributed by atoms with Crippen LogP contribution in [-0.4, -0.2) is 60.5 Å². The Morgan fingerprint density at radius 3 is 2.53 bits per heavy atom. The van der Waals surface area contributed by atoms with Gasteiger partial charge >= 0.3 is 6.03 Å². The van der Waals surface area contributed by atoms with Crippen LogP contribution in [0.3, 0.4) is 0 Å². The number of carbonyl (C=O) groups excluding carboxylic acids is 3.